The van der Waals surface area contributed by atoms with E-state index in [0.717, 1.165) is 12.2 Å². The van der Waals surface area contributed by atoms with Crippen molar-refractivity contribution in [3.63, 3.8) is 0 Å². The Morgan fingerprint density at radius 1 is 1.33 bits per heavy atom. The van der Waals surface area contributed by atoms with Crippen molar-refractivity contribution in [2.24, 2.45) is 0 Å². The van der Waals surface area contributed by atoms with E-state index in [9.17, 15) is 4.79 Å². The summed E-state index contributed by atoms with van der Waals surface area (Å²) in [6, 6.07) is 0. The fourth-order valence-corrected chi connectivity index (χ4v) is 0.524. The second-order valence-electron chi connectivity index (χ2n) is 2.22. The predicted molar refractivity (Wildman–Crippen MR) is 44.0 cm³/mol. The molecule has 3 N–H and O–H groups in total. The highest BCUT2D eigenvalue weighted by Gasteiger charge is 1.95. The van der Waals surface area contributed by atoms with Crippen LogP contribution >= 0.6 is 0 Å². The summed E-state index contributed by atoms with van der Waals surface area (Å²) >= 11 is 0. The Morgan fingerprint density at radius 2 is 1.92 bits per heavy atom. The average molecular weight is 172 g/mol. The maximum Gasteiger partial charge on any atom is 0.307 e. The van der Waals surface area contributed by atoms with Gasteiger partial charge in [0.1, 0.15) is 5.76 Å². The van der Waals surface area contributed by atoms with Gasteiger partial charge in [0.25, 0.3) is 0 Å². The van der Waals surface area contributed by atoms with E-state index in [1.807, 2.05) is 0 Å². The summed E-state index contributed by atoms with van der Waals surface area (Å²) in [6.07, 6.45) is 2.40. The molecular weight excluding hydrogens is 160 g/mol. The van der Waals surface area contributed by atoms with Crippen LogP contribution in [0.5, 0.6) is 0 Å². The van der Waals surface area contributed by atoms with Crippen LogP contribution in [0.1, 0.15) is 19.8 Å². The average Bonchev–Trinajstić information content (AvgIpc) is 2.00. The van der Waals surface area contributed by atoms with Crippen LogP contribution in [0.2, 0.25) is 0 Å². The zero-order valence-electron chi connectivity index (χ0n) is 6.82. The molecule has 0 heterocycles. The second-order valence-corrected chi connectivity index (χ2v) is 2.22. The van der Waals surface area contributed by atoms with Crippen LogP contribution < -0.4 is 0 Å². The van der Waals surface area contributed by atoms with Gasteiger partial charge in [0.2, 0.25) is 0 Å². The van der Waals surface area contributed by atoms with Gasteiger partial charge in [-0.25, -0.2) is 0 Å². The number of aliphatic hydroxyl groups is 2. The van der Waals surface area contributed by atoms with Gasteiger partial charge >= 0.3 is 5.97 Å². The van der Waals surface area contributed by atoms with Crippen LogP contribution in [-0.2, 0) is 4.79 Å². The van der Waals surface area contributed by atoms with Crippen LogP contribution in [0.15, 0.2) is 23.7 Å². The van der Waals surface area contributed by atoms with Crippen molar-refractivity contribution < 1.29 is 20.1 Å². The molecule has 0 aromatic heterocycles. The summed E-state index contributed by atoms with van der Waals surface area (Å²) in [5.41, 5.74) is 0. The molecule has 4 heteroatoms. The van der Waals surface area contributed by atoms with Crippen LogP contribution in [0.25, 0.3) is 0 Å². The standard InChI is InChI=1S/C8H12O4/c1-2-6(9)5-7(10)3-4-8(11)12/h3,5,9-10H,2,4H2,1H3,(H,11,12)/b6-5+,7-3+. The molecule has 0 fully saturated rings. The lowest BCUT2D eigenvalue weighted by Gasteiger charge is -1.93. The van der Waals surface area contributed by atoms with E-state index >= 15 is 0 Å². The molecule has 0 rings (SSSR count). The van der Waals surface area contributed by atoms with Gasteiger partial charge in [0, 0.05) is 12.5 Å². The number of aliphatic hydroxyl groups excluding tert-OH is 2. The van der Waals surface area contributed by atoms with Gasteiger partial charge in [-0.1, -0.05) is 6.92 Å². The fourth-order valence-electron chi connectivity index (χ4n) is 0.524. The largest absolute Gasteiger partial charge is 0.512 e. The maximum absolute atomic E-state index is 10.0. The summed E-state index contributed by atoms with van der Waals surface area (Å²) in [7, 11) is 0. The highest BCUT2D eigenvalue weighted by atomic mass is 16.4. The Hall–Kier alpha value is -1.45. The molecule has 0 aliphatic heterocycles. The van der Waals surface area contributed by atoms with Crippen molar-refractivity contribution in [3.05, 3.63) is 23.7 Å². The molecule has 0 radical (unpaired) electrons. The number of carboxylic acids is 1. The first kappa shape index (κ1) is 10.6. The molecule has 0 aromatic carbocycles. The lowest BCUT2D eigenvalue weighted by atomic mass is 10.3. The minimum Gasteiger partial charge on any atom is -0.512 e. The maximum atomic E-state index is 10.0. The van der Waals surface area contributed by atoms with Crippen molar-refractivity contribution in [2.45, 2.75) is 19.8 Å². The zero-order valence-corrected chi connectivity index (χ0v) is 6.82. The van der Waals surface area contributed by atoms with Crippen LogP contribution in [0.4, 0.5) is 0 Å². The number of carbonyl (C=O) groups is 1. The highest BCUT2D eigenvalue weighted by molar-refractivity contribution is 5.68. The summed E-state index contributed by atoms with van der Waals surface area (Å²) in [6.45, 7) is 1.72. The van der Waals surface area contributed by atoms with Crippen molar-refractivity contribution >= 4 is 5.97 Å². The molecule has 4 nitrogen and oxygen atoms in total. The number of hydrogen-bond donors (Lipinski definition) is 3. The topological polar surface area (TPSA) is 77.8 Å². The number of hydrogen-bond acceptors (Lipinski definition) is 3. The first-order valence-electron chi connectivity index (χ1n) is 3.56. The Kier molecular flexibility index (Phi) is 4.60. The van der Waals surface area contributed by atoms with Crippen molar-refractivity contribution in [3.8, 4) is 0 Å². The number of allylic oxidation sites excluding steroid dienone is 2. The SMILES string of the molecule is CC/C(O)=C\C(O)=C/CC(=O)O. The molecule has 0 aliphatic carbocycles. The van der Waals surface area contributed by atoms with E-state index in [4.69, 9.17) is 15.3 Å². The molecular formula is C8H12O4. The minimum absolute atomic E-state index is 0.0224. The highest BCUT2D eigenvalue weighted by Crippen LogP contribution is 2.01. The lowest BCUT2D eigenvalue weighted by Crippen LogP contribution is -1.91. The van der Waals surface area contributed by atoms with Gasteiger partial charge in [-0.3, -0.25) is 4.79 Å². The molecule has 0 saturated carbocycles. The summed E-state index contributed by atoms with van der Waals surface area (Å²) in [5.74, 6) is -1.23. The first-order chi connectivity index (χ1) is 5.56. The quantitative estimate of drug-likeness (QED) is 0.446. The molecule has 68 valence electrons. The molecule has 0 atom stereocenters. The van der Waals surface area contributed by atoms with E-state index in [2.05, 4.69) is 0 Å². The van der Waals surface area contributed by atoms with E-state index in [1.54, 1.807) is 6.92 Å². The van der Waals surface area contributed by atoms with Gasteiger partial charge in [-0.15, -0.1) is 0 Å². The van der Waals surface area contributed by atoms with E-state index in [1.165, 1.54) is 0 Å². The molecule has 12 heavy (non-hydrogen) atoms. The van der Waals surface area contributed by atoms with E-state index in [0.29, 0.717) is 6.42 Å². The van der Waals surface area contributed by atoms with Gasteiger partial charge in [0.15, 0.2) is 0 Å². The third-order valence-corrected chi connectivity index (χ3v) is 1.16. The Balaban J connectivity index is 4.10. The summed E-state index contributed by atoms with van der Waals surface area (Å²) in [4.78, 5) is 10.0. The lowest BCUT2D eigenvalue weighted by molar-refractivity contribution is -0.136. The van der Waals surface area contributed by atoms with Crippen molar-refractivity contribution in [2.75, 3.05) is 0 Å². The van der Waals surface area contributed by atoms with Gasteiger partial charge < -0.3 is 15.3 Å². The van der Waals surface area contributed by atoms with Gasteiger partial charge in [-0.05, 0) is 6.08 Å². The molecule has 0 spiro atoms. The van der Waals surface area contributed by atoms with Crippen molar-refractivity contribution in [1.82, 2.24) is 0 Å². The predicted octanol–water partition coefficient (Wildman–Crippen LogP) is 1.75. The monoisotopic (exact) mass is 172 g/mol. The third-order valence-electron chi connectivity index (χ3n) is 1.16. The number of aliphatic carboxylic acids is 1. The zero-order chi connectivity index (χ0) is 9.56. The Morgan fingerprint density at radius 3 is 2.33 bits per heavy atom. The van der Waals surface area contributed by atoms with Crippen LogP contribution in [0.3, 0.4) is 0 Å². The Labute approximate surface area is 70.5 Å². The first-order valence-corrected chi connectivity index (χ1v) is 3.56. The Bertz CT molecular complexity index is 215. The molecule has 0 unspecified atom stereocenters. The van der Waals surface area contributed by atoms with Crippen molar-refractivity contribution in [1.29, 1.82) is 0 Å². The van der Waals surface area contributed by atoms with E-state index < -0.39 is 5.97 Å². The summed E-state index contributed by atoms with van der Waals surface area (Å²) < 4.78 is 0. The van der Waals surface area contributed by atoms with E-state index in [-0.39, 0.29) is 17.9 Å². The normalized spacial score (nSPS) is 13.1. The third kappa shape index (κ3) is 5.34. The number of carboxylic acid groups (broad SMARTS) is 1. The number of rotatable bonds is 4. The molecule has 0 aromatic rings. The molecule has 0 amide bonds. The summed E-state index contributed by atoms with van der Waals surface area (Å²) in [5, 5.41) is 26.1. The second kappa shape index (κ2) is 5.23. The molecule has 0 bridgehead atoms. The molecule has 0 saturated heterocycles. The molecule has 0 aliphatic rings. The van der Waals surface area contributed by atoms with Crippen LogP contribution in [-0.4, -0.2) is 21.3 Å². The minimum atomic E-state index is -1.02. The fraction of sp³-hybridized carbons (Fsp3) is 0.375. The smallest absolute Gasteiger partial charge is 0.307 e. The van der Waals surface area contributed by atoms with Gasteiger partial charge in [0.05, 0.1) is 12.2 Å². The van der Waals surface area contributed by atoms with Crippen LogP contribution in [0, 0.1) is 0 Å². The van der Waals surface area contributed by atoms with Gasteiger partial charge in [-0.2, -0.15) is 0 Å².